The Bertz CT molecular complexity index is 858. The SMILES string of the molecule is Cc1cc(CCC(=O)N2CCC(C)CC2)c2c(c1)c1c(n2C)CCN(C)C1. The number of aromatic nitrogens is 1. The zero-order valence-electron chi connectivity index (χ0n) is 17.3. The second-order valence-electron chi connectivity index (χ2n) is 8.86. The summed E-state index contributed by atoms with van der Waals surface area (Å²) in [6.45, 7) is 8.50. The molecule has 0 bridgehead atoms. The Kier molecular flexibility index (Phi) is 5.02. The van der Waals surface area contributed by atoms with Gasteiger partial charge in [-0.3, -0.25) is 4.79 Å². The molecule has 146 valence electrons. The molecule has 2 aliphatic rings. The van der Waals surface area contributed by atoms with Crippen molar-refractivity contribution in [3.63, 3.8) is 0 Å². The molecule has 4 nitrogen and oxygen atoms in total. The van der Waals surface area contributed by atoms with E-state index in [-0.39, 0.29) is 0 Å². The molecule has 0 radical (unpaired) electrons. The standard InChI is InChI=1S/C23H33N3O/c1-16-7-11-26(12-8-16)22(27)6-5-18-13-17(2)14-19-20-15-24(3)10-9-21(20)25(4)23(18)19/h13-14,16H,5-12,15H2,1-4H3. The van der Waals surface area contributed by atoms with Crippen molar-refractivity contribution >= 4 is 16.8 Å². The van der Waals surface area contributed by atoms with Crippen LogP contribution < -0.4 is 0 Å². The van der Waals surface area contributed by atoms with Crippen LogP contribution in [0.1, 0.15) is 48.6 Å². The Morgan fingerprint density at radius 1 is 1.15 bits per heavy atom. The second kappa shape index (κ2) is 7.31. The number of nitrogens with zero attached hydrogens (tertiary/aromatic N) is 3. The highest BCUT2D eigenvalue weighted by Crippen LogP contribution is 2.33. The van der Waals surface area contributed by atoms with Crippen LogP contribution in [0.5, 0.6) is 0 Å². The Morgan fingerprint density at radius 2 is 1.89 bits per heavy atom. The molecule has 1 fully saturated rings. The number of fused-ring (bicyclic) bond motifs is 3. The van der Waals surface area contributed by atoms with Crippen molar-refractivity contribution in [3.8, 4) is 0 Å². The van der Waals surface area contributed by atoms with E-state index in [1.807, 2.05) is 0 Å². The Hall–Kier alpha value is -1.81. The largest absolute Gasteiger partial charge is 0.347 e. The van der Waals surface area contributed by atoms with E-state index in [0.29, 0.717) is 12.3 Å². The Labute approximate surface area is 163 Å². The number of rotatable bonds is 3. The van der Waals surface area contributed by atoms with Crippen LogP contribution in [0.3, 0.4) is 0 Å². The minimum Gasteiger partial charge on any atom is -0.347 e. The van der Waals surface area contributed by atoms with Gasteiger partial charge in [0.05, 0.1) is 5.52 Å². The molecule has 0 aliphatic carbocycles. The molecule has 0 atom stereocenters. The lowest BCUT2D eigenvalue weighted by atomic mass is 9.97. The van der Waals surface area contributed by atoms with Gasteiger partial charge in [-0.05, 0) is 56.3 Å². The quantitative estimate of drug-likeness (QED) is 0.828. The van der Waals surface area contributed by atoms with E-state index in [0.717, 1.165) is 57.8 Å². The van der Waals surface area contributed by atoms with Gasteiger partial charge in [0.15, 0.2) is 0 Å². The number of likely N-dealkylation sites (tertiary alicyclic amines) is 1. The minimum absolute atomic E-state index is 0.329. The molecule has 1 saturated heterocycles. The highest BCUT2D eigenvalue weighted by atomic mass is 16.2. The van der Waals surface area contributed by atoms with Crippen LogP contribution in [0.4, 0.5) is 0 Å². The highest BCUT2D eigenvalue weighted by molar-refractivity contribution is 5.89. The van der Waals surface area contributed by atoms with Gasteiger partial charge in [0, 0.05) is 57.1 Å². The first kappa shape index (κ1) is 18.5. The number of aryl methyl sites for hydroxylation is 3. The third-order valence-corrected chi connectivity index (χ3v) is 6.65. The topological polar surface area (TPSA) is 28.5 Å². The predicted octanol–water partition coefficient (Wildman–Crippen LogP) is 3.67. The van der Waals surface area contributed by atoms with Crippen molar-refractivity contribution in [1.29, 1.82) is 0 Å². The molecule has 0 unspecified atom stereocenters. The van der Waals surface area contributed by atoms with Gasteiger partial charge in [-0.25, -0.2) is 0 Å². The zero-order chi connectivity index (χ0) is 19.1. The lowest BCUT2D eigenvalue weighted by Crippen LogP contribution is -2.38. The molecule has 1 aromatic heterocycles. The summed E-state index contributed by atoms with van der Waals surface area (Å²) in [5, 5.41) is 1.40. The third-order valence-electron chi connectivity index (χ3n) is 6.65. The molecule has 0 saturated carbocycles. The number of hydrogen-bond acceptors (Lipinski definition) is 2. The summed E-state index contributed by atoms with van der Waals surface area (Å²) in [7, 11) is 4.41. The van der Waals surface area contributed by atoms with Crippen LogP contribution in [0.2, 0.25) is 0 Å². The smallest absolute Gasteiger partial charge is 0.222 e. The lowest BCUT2D eigenvalue weighted by Gasteiger charge is -2.30. The number of hydrogen-bond donors (Lipinski definition) is 0. The maximum atomic E-state index is 12.7. The third kappa shape index (κ3) is 3.52. The highest BCUT2D eigenvalue weighted by Gasteiger charge is 2.24. The van der Waals surface area contributed by atoms with Gasteiger partial charge in [0.2, 0.25) is 5.91 Å². The number of carbonyl (C=O) groups excluding carboxylic acids is 1. The van der Waals surface area contributed by atoms with Crippen molar-refractivity contribution in [3.05, 3.63) is 34.5 Å². The van der Waals surface area contributed by atoms with Crippen LogP contribution in [0.15, 0.2) is 12.1 Å². The average molecular weight is 368 g/mol. The van der Waals surface area contributed by atoms with Gasteiger partial charge in [0.1, 0.15) is 0 Å². The van der Waals surface area contributed by atoms with E-state index < -0.39 is 0 Å². The van der Waals surface area contributed by atoms with Crippen LogP contribution in [-0.2, 0) is 31.2 Å². The van der Waals surface area contributed by atoms with E-state index in [4.69, 9.17) is 0 Å². The monoisotopic (exact) mass is 367 g/mol. The van der Waals surface area contributed by atoms with Crippen LogP contribution in [0, 0.1) is 12.8 Å². The first-order valence-electron chi connectivity index (χ1n) is 10.5. The first-order valence-corrected chi connectivity index (χ1v) is 10.5. The van der Waals surface area contributed by atoms with Crippen molar-refractivity contribution in [2.45, 2.75) is 52.5 Å². The first-order chi connectivity index (χ1) is 12.9. The van der Waals surface area contributed by atoms with Crippen molar-refractivity contribution in [2.24, 2.45) is 13.0 Å². The Balaban J connectivity index is 1.59. The van der Waals surface area contributed by atoms with Crippen molar-refractivity contribution in [1.82, 2.24) is 14.4 Å². The number of piperidine rings is 1. The van der Waals surface area contributed by atoms with Crippen LogP contribution in [0.25, 0.3) is 10.9 Å². The van der Waals surface area contributed by atoms with Crippen molar-refractivity contribution < 1.29 is 4.79 Å². The molecule has 1 aromatic carbocycles. The van der Waals surface area contributed by atoms with Crippen LogP contribution in [-0.4, -0.2) is 47.0 Å². The fourth-order valence-corrected chi connectivity index (χ4v) is 4.96. The van der Waals surface area contributed by atoms with Crippen LogP contribution >= 0.6 is 0 Å². The molecular formula is C23H33N3O. The average Bonchev–Trinajstić information content (AvgIpc) is 2.92. The van der Waals surface area contributed by atoms with Gasteiger partial charge in [-0.2, -0.15) is 0 Å². The molecule has 2 aromatic rings. The number of likely N-dealkylation sites (N-methyl/N-ethyl adjacent to an activating group) is 1. The molecule has 3 heterocycles. The number of amides is 1. The van der Waals surface area contributed by atoms with E-state index in [2.05, 4.69) is 54.4 Å². The molecule has 4 heteroatoms. The predicted molar refractivity (Wildman–Crippen MR) is 111 cm³/mol. The Morgan fingerprint density at radius 3 is 2.63 bits per heavy atom. The van der Waals surface area contributed by atoms with Gasteiger partial charge >= 0.3 is 0 Å². The molecule has 0 N–H and O–H groups in total. The van der Waals surface area contributed by atoms with Gasteiger partial charge in [0.25, 0.3) is 0 Å². The molecule has 1 amide bonds. The summed E-state index contributed by atoms with van der Waals surface area (Å²) in [5.41, 5.74) is 6.96. The summed E-state index contributed by atoms with van der Waals surface area (Å²) >= 11 is 0. The normalized spacial score (nSPS) is 18.9. The maximum absolute atomic E-state index is 12.7. The summed E-state index contributed by atoms with van der Waals surface area (Å²) in [4.78, 5) is 17.2. The zero-order valence-corrected chi connectivity index (χ0v) is 17.3. The van der Waals surface area contributed by atoms with Crippen molar-refractivity contribution in [2.75, 3.05) is 26.7 Å². The fraction of sp³-hybridized carbons (Fsp3) is 0.609. The van der Waals surface area contributed by atoms with Gasteiger partial charge in [-0.15, -0.1) is 0 Å². The van der Waals surface area contributed by atoms with E-state index in [1.54, 1.807) is 0 Å². The fourth-order valence-electron chi connectivity index (χ4n) is 4.96. The molecular weight excluding hydrogens is 334 g/mol. The second-order valence-corrected chi connectivity index (χ2v) is 8.86. The number of benzene rings is 1. The molecule has 2 aliphatic heterocycles. The van der Waals surface area contributed by atoms with Gasteiger partial charge < -0.3 is 14.4 Å². The number of carbonyl (C=O) groups is 1. The van der Waals surface area contributed by atoms with Gasteiger partial charge in [-0.1, -0.05) is 18.6 Å². The molecule has 0 spiro atoms. The summed E-state index contributed by atoms with van der Waals surface area (Å²) < 4.78 is 2.40. The maximum Gasteiger partial charge on any atom is 0.222 e. The van der Waals surface area contributed by atoms with E-state index >= 15 is 0 Å². The molecule has 27 heavy (non-hydrogen) atoms. The minimum atomic E-state index is 0.329. The van der Waals surface area contributed by atoms with E-state index in [9.17, 15) is 4.79 Å². The summed E-state index contributed by atoms with van der Waals surface area (Å²) in [6.07, 6.45) is 4.88. The lowest BCUT2D eigenvalue weighted by molar-refractivity contribution is -0.132. The van der Waals surface area contributed by atoms with E-state index in [1.165, 1.54) is 33.3 Å². The summed E-state index contributed by atoms with van der Waals surface area (Å²) in [5.74, 6) is 1.09. The molecule has 4 rings (SSSR count). The summed E-state index contributed by atoms with van der Waals surface area (Å²) in [6, 6.07) is 4.63.